The summed E-state index contributed by atoms with van der Waals surface area (Å²) in [7, 11) is 0. The second kappa shape index (κ2) is 7.11. The molecule has 1 aromatic carbocycles. The molecule has 0 aliphatic carbocycles. The summed E-state index contributed by atoms with van der Waals surface area (Å²) in [6.07, 6.45) is 3.60. The van der Waals surface area contributed by atoms with E-state index in [9.17, 15) is 8.78 Å². The van der Waals surface area contributed by atoms with Gasteiger partial charge in [0.2, 0.25) is 0 Å². The molecule has 2 fully saturated rings. The van der Waals surface area contributed by atoms with Crippen LogP contribution in [0.4, 0.5) is 8.78 Å². The van der Waals surface area contributed by atoms with Crippen molar-refractivity contribution in [2.45, 2.75) is 38.5 Å². The smallest absolute Gasteiger partial charge is 0.387 e. The number of nitrogens with zero attached hydrogens (tertiary/aromatic N) is 2. The van der Waals surface area contributed by atoms with Crippen LogP contribution >= 0.6 is 11.6 Å². The van der Waals surface area contributed by atoms with Crippen LogP contribution in [-0.4, -0.2) is 48.6 Å². The molecule has 22 heavy (non-hydrogen) atoms. The van der Waals surface area contributed by atoms with Gasteiger partial charge in [-0.3, -0.25) is 9.80 Å². The van der Waals surface area contributed by atoms with Crippen LogP contribution in [0, 0.1) is 0 Å². The van der Waals surface area contributed by atoms with E-state index in [1.807, 2.05) is 0 Å². The quantitative estimate of drug-likeness (QED) is 0.838. The minimum absolute atomic E-state index is 0.229. The number of benzene rings is 1. The highest BCUT2D eigenvalue weighted by Crippen LogP contribution is 2.28. The highest BCUT2D eigenvalue weighted by Gasteiger charge is 2.29. The fraction of sp³-hybridized carbons (Fsp3) is 0.625. The molecule has 6 heteroatoms. The van der Waals surface area contributed by atoms with Crippen LogP contribution in [0.15, 0.2) is 18.2 Å². The van der Waals surface area contributed by atoms with Crippen molar-refractivity contribution < 1.29 is 13.5 Å². The zero-order valence-corrected chi connectivity index (χ0v) is 13.2. The third kappa shape index (κ3) is 3.89. The van der Waals surface area contributed by atoms with E-state index in [2.05, 4.69) is 14.5 Å². The highest BCUT2D eigenvalue weighted by molar-refractivity contribution is 6.30. The molecule has 2 aliphatic rings. The molecule has 0 bridgehead atoms. The van der Waals surface area contributed by atoms with Crippen molar-refractivity contribution in [3.8, 4) is 5.75 Å². The molecule has 2 saturated heterocycles. The van der Waals surface area contributed by atoms with Gasteiger partial charge in [-0.2, -0.15) is 8.78 Å². The van der Waals surface area contributed by atoms with Gasteiger partial charge in [0.15, 0.2) is 0 Å². The number of hydrogen-bond donors (Lipinski definition) is 0. The molecule has 0 spiro atoms. The van der Waals surface area contributed by atoms with Gasteiger partial charge in [0.05, 0.1) is 0 Å². The summed E-state index contributed by atoms with van der Waals surface area (Å²) in [5.41, 5.74) is 0.735. The van der Waals surface area contributed by atoms with Crippen LogP contribution in [0.5, 0.6) is 5.75 Å². The van der Waals surface area contributed by atoms with E-state index in [1.54, 1.807) is 12.1 Å². The lowest BCUT2D eigenvalue weighted by Crippen LogP contribution is -2.36. The molecule has 0 radical (unpaired) electrons. The third-order valence-electron chi connectivity index (χ3n) is 4.52. The van der Waals surface area contributed by atoms with Gasteiger partial charge in [-0.15, -0.1) is 0 Å². The van der Waals surface area contributed by atoms with E-state index >= 15 is 0 Å². The fourth-order valence-electron chi connectivity index (χ4n) is 3.55. The number of fused-ring (bicyclic) bond motifs is 1. The Hall–Kier alpha value is -0.910. The van der Waals surface area contributed by atoms with Gasteiger partial charge in [-0.25, -0.2) is 0 Å². The van der Waals surface area contributed by atoms with E-state index in [-0.39, 0.29) is 5.75 Å². The first-order valence-corrected chi connectivity index (χ1v) is 8.19. The Kier molecular flexibility index (Phi) is 5.16. The second-order valence-electron chi connectivity index (χ2n) is 6.05. The van der Waals surface area contributed by atoms with Gasteiger partial charge in [-0.05, 0) is 57.1 Å². The maximum absolute atomic E-state index is 12.5. The average molecular weight is 331 g/mol. The van der Waals surface area contributed by atoms with Crippen LogP contribution < -0.4 is 4.74 Å². The molecule has 0 amide bonds. The maximum atomic E-state index is 12.5. The Morgan fingerprint density at radius 1 is 1.23 bits per heavy atom. The fourth-order valence-corrected chi connectivity index (χ4v) is 3.74. The van der Waals surface area contributed by atoms with Gasteiger partial charge in [0, 0.05) is 29.7 Å². The van der Waals surface area contributed by atoms with Gasteiger partial charge in [0.25, 0.3) is 0 Å². The number of hydrogen-bond acceptors (Lipinski definition) is 3. The number of ether oxygens (including phenoxy) is 1. The summed E-state index contributed by atoms with van der Waals surface area (Å²) in [6, 6.07) is 5.45. The summed E-state index contributed by atoms with van der Waals surface area (Å²) >= 11 is 6.02. The molecule has 2 aliphatic heterocycles. The predicted octanol–water partition coefficient (Wildman–Crippen LogP) is 3.61. The molecular weight excluding hydrogens is 310 g/mol. The molecule has 3 rings (SSSR count). The zero-order valence-electron chi connectivity index (χ0n) is 12.5. The highest BCUT2D eigenvalue weighted by atomic mass is 35.5. The molecule has 1 atom stereocenters. The summed E-state index contributed by atoms with van der Waals surface area (Å²) in [5.74, 6) is 0.229. The Balaban J connectivity index is 1.72. The van der Waals surface area contributed by atoms with E-state index < -0.39 is 6.61 Å². The molecule has 2 heterocycles. The number of halogens is 3. The molecule has 122 valence electrons. The topological polar surface area (TPSA) is 15.7 Å². The minimum atomic E-state index is -2.81. The molecule has 0 aromatic heterocycles. The number of alkyl halides is 2. The maximum Gasteiger partial charge on any atom is 0.387 e. The SMILES string of the molecule is FC(F)Oc1ccc(Cl)cc1CN1CCCN2CCCC2C1. The van der Waals surface area contributed by atoms with Crippen LogP contribution in [0.2, 0.25) is 5.02 Å². The van der Waals surface area contributed by atoms with Gasteiger partial charge in [-0.1, -0.05) is 11.6 Å². The summed E-state index contributed by atoms with van der Waals surface area (Å²) < 4.78 is 29.7. The third-order valence-corrected chi connectivity index (χ3v) is 4.76. The molecule has 1 unspecified atom stereocenters. The Labute approximate surface area is 134 Å². The van der Waals surface area contributed by atoms with E-state index in [4.69, 9.17) is 11.6 Å². The first-order chi connectivity index (χ1) is 10.6. The predicted molar refractivity (Wildman–Crippen MR) is 82.6 cm³/mol. The van der Waals surface area contributed by atoms with E-state index in [1.165, 1.54) is 25.5 Å². The van der Waals surface area contributed by atoms with Crippen molar-refractivity contribution in [3.63, 3.8) is 0 Å². The lowest BCUT2D eigenvalue weighted by molar-refractivity contribution is -0.0507. The van der Waals surface area contributed by atoms with E-state index in [0.29, 0.717) is 17.6 Å². The van der Waals surface area contributed by atoms with Crippen molar-refractivity contribution >= 4 is 11.6 Å². The van der Waals surface area contributed by atoms with Crippen molar-refractivity contribution in [2.24, 2.45) is 0 Å². The Morgan fingerprint density at radius 3 is 2.86 bits per heavy atom. The molecule has 0 N–H and O–H groups in total. The lowest BCUT2D eigenvalue weighted by Gasteiger charge is -2.26. The van der Waals surface area contributed by atoms with Crippen molar-refractivity contribution in [3.05, 3.63) is 28.8 Å². The first-order valence-electron chi connectivity index (χ1n) is 7.81. The van der Waals surface area contributed by atoms with Crippen molar-refractivity contribution in [1.82, 2.24) is 9.80 Å². The van der Waals surface area contributed by atoms with Gasteiger partial charge < -0.3 is 4.74 Å². The van der Waals surface area contributed by atoms with Crippen LogP contribution in [0.25, 0.3) is 0 Å². The monoisotopic (exact) mass is 330 g/mol. The first kappa shape index (κ1) is 16.0. The zero-order chi connectivity index (χ0) is 15.5. The largest absolute Gasteiger partial charge is 0.434 e. The Morgan fingerprint density at radius 2 is 2.05 bits per heavy atom. The van der Waals surface area contributed by atoms with Crippen LogP contribution in [0.3, 0.4) is 0 Å². The molecule has 0 saturated carbocycles. The number of rotatable bonds is 4. The molecular formula is C16H21ClF2N2O. The summed E-state index contributed by atoms with van der Waals surface area (Å²) in [5, 5.41) is 0.550. The van der Waals surface area contributed by atoms with Crippen LogP contribution in [-0.2, 0) is 6.54 Å². The Bertz CT molecular complexity index is 515. The minimum Gasteiger partial charge on any atom is -0.434 e. The average Bonchev–Trinajstić information content (AvgIpc) is 2.80. The molecule has 3 nitrogen and oxygen atoms in total. The standard InChI is InChI=1S/C16H21ClF2N2O/c17-13-4-5-15(22-16(18)19)12(9-13)10-20-6-2-8-21-7-1-3-14(21)11-20/h4-5,9,14,16H,1-3,6-8,10-11H2. The van der Waals surface area contributed by atoms with Gasteiger partial charge >= 0.3 is 6.61 Å². The van der Waals surface area contributed by atoms with Gasteiger partial charge in [0.1, 0.15) is 5.75 Å². The summed E-state index contributed by atoms with van der Waals surface area (Å²) in [4.78, 5) is 4.88. The lowest BCUT2D eigenvalue weighted by atomic mass is 10.1. The van der Waals surface area contributed by atoms with E-state index in [0.717, 1.165) is 31.6 Å². The summed E-state index contributed by atoms with van der Waals surface area (Å²) in [6.45, 7) is 2.09. The van der Waals surface area contributed by atoms with Crippen LogP contribution in [0.1, 0.15) is 24.8 Å². The molecule has 1 aromatic rings. The second-order valence-corrected chi connectivity index (χ2v) is 6.49. The van der Waals surface area contributed by atoms with Crippen molar-refractivity contribution in [1.29, 1.82) is 0 Å². The van der Waals surface area contributed by atoms with Crippen molar-refractivity contribution in [2.75, 3.05) is 26.2 Å². The normalized spacial score (nSPS) is 23.5.